The largest absolute Gasteiger partial charge is 0.330 e. The molecule has 160 valence electrons. The molecule has 5 rings (SSSR count). The van der Waals surface area contributed by atoms with E-state index >= 15 is 0 Å². The Morgan fingerprint density at radius 3 is 2.16 bits per heavy atom. The summed E-state index contributed by atoms with van der Waals surface area (Å²) in [4.78, 5) is 15.2. The molecule has 5 nitrogen and oxygen atoms in total. The van der Waals surface area contributed by atoms with E-state index in [0.717, 1.165) is 29.5 Å². The van der Waals surface area contributed by atoms with Crippen LogP contribution in [0.4, 0.5) is 4.39 Å². The Balaban J connectivity index is 1.45. The summed E-state index contributed by atoms with van der Waals surface area (Å²) < 4.78 is 15.1. The molecule has 1 aromatic heterocycles. The second-order valence-electron chi connectivity index (χ2n) is 8.02. The van der Waals surface area contributed by atoms with Gasteiger partial charge in [0.05, 0.1) is 12.2 Å². The standard InChI is InChI=1S/C26H23FN4O/c27-22-15-13-19(14-16-22)24-12-7-17-30(24)26(32)23-18-31(29-28-23)25(20-8-3-1-4-9-20)21-10-5-2-6-11-21/h1-6,8-11,13-16,18,24-25H,7,12,17H2. The van der Waals surface area contributed by atoms with Crippen molar-refractivity contribution in [1.82, 2.24) is 19.9 Å². The molecule has 0 N–H and O–H groups in total. The summed E-state index contributed by atoms with van der Waals surface area (Å²) in [5.74, 6) is -0.427. The lowest BCUT2D eigenvalue weighted by atomic mass is 9.99. The third-order valence-electron chi connectivity index (χ3n) is 5.99. The number of benzene rings is 3. The van der Waals surface area contributed by atoms with E-state index in [1.165, 1.54) is 12.1 Å². The topological polar surface area (TPSA) is 51.0 Å². The van der Waals surface area contributed by atoms with Crippen molar-refractivity contribution in [2.24, 2.45) is 0 Å². The normalized spacial score (nSPS) is 15.9. The number of amides is 1. The minimum absolute atomic E-state index is 0.0766. The summed E-state index contributed by atoms with van der Waals surface area (Å²) in [6, 6.07) is 26.2. The first kappa shape index (κ1) is 20.1. The van der Waals surface area contributed by atoms with Crippen LogP contribution in [0.25, 0.3) is 0 Å². The van der Waals surface area contributed by atoms with E-state index in [0.29, 0.717) is 12.2 Å². The van der Waals surface area contributed by atoms with Gasteiger partial charge in [-0.1, -0.05) is 78.0 Å². The van der Waals surface area contributed by atoms with E-state index in [4.69, 9.17) is 0 Å². The summed E-state index contributed by atoms with van der Waals surface area (Å²) in [5.41, 5.74) is 3.38. The van der Waals surface area contributed by atoms with E-state index in [1.54, 1.807) is 23.0 Å². The lowest BCUT2D eigenvalue weighted by Gasteiger charge is -2.24. The predicted molar refractivity (Wildman–Crippen MR) is 120 cm³/mol. The molecule has 2 heterocycles. The maximum Gasteiger partial charge on any atom is 0.276 e. The van der Waals surface area contributed by atoms with Crippen LogP contribution in [-0.2, 0) is 0 Å². The van der Waals surface area contributed by atoms with Crippen LogP contribution in [0.1, 0.15) is 52.1 Å². The smallest absolute Gasteiger partial charge is 0.276 e. The molecule has 32 heavy (non-hydrogen) atoms. The van der Waals surface area contributed by atoms with Crippen LogP contribution in [0.3, 0.4) is 0 Å². The number of halogens is 1. The number of aromatic nitrogens is 3. The molecule has 1 aliphatic rings. The maximum atomic E-state index is 13.4. The van der Waals surface area contributed by atoms with Crippen molar-refractivity contribution >= 4 is 5.91 Å². The number of carbonyl (C=O) groups is 1. The van der Waals surface area contributed by atoms with Crippen molar-refractivity contribution in [2.45, 2.75) is 24.9 Å². The van der Waals surface area contributed by atoms with Gasteiger partial charge in [0.25, 0.3) is 5.91 Å². The highest BCUT2D eigenvalue weighted by molar-refractivity contribution is 5.92. The van der Waals surface area contributed by atoms with Gasteiger partial charge in [-0.25, -0.2) is 9.07 Å². The van der Waals surface area contributed by atoms with Crippen LogP contribution in [0.15, 0.2) is 91.1 Å². The van der Waals surface area contributed by atoms with Crippen molar-refractivity contribution in [1.29, 1.82) is 0 Å². The molecule has 0 bridgehead atoms. The summed E-state index contributed by atoms with van der Waals surface area (Å²) >= 11 is 0. The van der Waals surface area contributed by atoms with Crippen LogP contribution >= 0.6 is 0 Å². The molecular weight excluding hydrogens is 403 g/mol. The van der Waals surface area contributed by atoms with Gasteiger partial charge in [0, 0.05) is 6.54 Å². The van der Waals surface area contributed by atoms with E-state index in [-0.39, 0.29) is 23.8 Å². The van der Waals surface area contributed by atoms with Crippen LogP contribution in [0.2, 0.25) is 0 Å². The third kappa shape index (κ3) is 3.91. The zero-order valence-corrected chi connectivity index (χ0v) is 17.5. The lowest BCUT2D eigenvalue weighted by Crippen LogP contribution is -2.30. The van der Waals surface area contributed by atoms with Crippen molar-refractivity contribution in [3.05, 3.63) is 119 Å². The molecule has 1 aliphatic heterocycles. The molecule has 1 amide bonds. The van der Waals surface area contributed by atoms with Crippen LogP contribution in [-0.4, -0.2) is 32.3 Å². The first-order valence-corrected chi connectivity index (χ1v) is 10.8. The second kappa shape index (κ2) is 8.75. The van der Waals surface area contributed by atoms with Gasteiger partial charge in [-0.2, -0.15) is 0 Å². The van der Waals surface area contributed by atoms with Gasteiger partial charge in [-0.05, 0) is 41.7 Å². The van der Waals surface area contributed by atoms with Gasteiger partial charge in [0.15, 0.2) is 5.69 Å². The minimum Gasteiger partial charge on any atom is -0.330 e. The highest BCUT2D eigenvalue weighted by Gasteiger charge is 2.32. The SMILES string of the molecule is O=C(c1cn(C(c2ccccc2)c2ccccc2)nn1)N1CCCC1c1ccc(F)cc1. The quantitative estimate of drug-likeness (QED) is 0.450. The van der Waals surface area contributed by atoms with Crippen molar-refractivity contribution in [3.8, 4) is 0 Å². The van der Waals surface area contributed by atoms with Crippen LogP contribution in [0.5, 0.6) is 0 Å². The predicted octanol–water partition coefficient (Wildman–Crippen LogP) is 5.03. The minimum atomic E-state index is -0.277. The molecule has 1 atom stereocenters. The summed E-state index contributed by atoms with van der Waals surface area (Å²) in [6.07, 6.45) is 3.48. The van der Waals surface area contributed by atoms with E-state index < -0.39 is 0 Å². The average Bonchev–Trinajstić information content (AvgIpc) is 3.51. The third-order valence-corrected chi connectivity index (χ3v) is 5.99. The first-order valence-electron chi connectivity index (χ1n) is 10.8. The van der Waals surface area contributed by atoms with Gasteiger partial charge < -0.3 is 4.90 Å². The summed E-state index contributed by atoms with van der Waals surface area (Å²) in [7, 11) is 0. The fourth-order valence-corrected chi connectivity index (χ4v) is 4.46. The van der Waals surface area contributed by atoms with Crippen molar-refractivity contribution < 1.29 is 9.18 Å². The molecule has 4 aromatic rings. The number of likely N-dealkylation sites (tertiary alicyclic amines) is 1. The second-order valence-corrected chi connectivity index (χ2v) is 8.02. The fraction of sp³-hybridized carbons (Fsp3) is 0.192. The molecule has 0 saturated carbocycles. The zero-order chi connectivity index (χ0) is 21.9. The van der Waals surface area contributed by atoms with Gasteiger partial charge in [-0.15, -0.1) is 5.10 Å². The Morgan fingerprint density at radius 1 is 0.906 bits per heavy atom. The van der Waals surface area contributed by atoms with Crippen LogP contribution in [0, 0.1) is 5.82 Å². The molecule has 0 aliphatic carbocycles. The number of rotatable bonds is 5. The van der Waals surface area contributed by atoms with Crippen LogP contribution < -0.4 is 0 Å². The van der Waals surface area contributed by atoms with E-state index in [2.05, 4.69) is 10.3 Å². The molecule has 3 aromatic carbocycles. The molecule has 6 heteroatoms. The fourth-order valence-electron chi connectivity index (χ4n) is 4.46. The Morgan fingerprint density at radius 2 is 1.53 bits per heavy atom. The Bertz CT molecular complexity index is 1150. The zero-order valence-electron chi connectivity index (χ0n) is 17.5. The van der Waals surface area contributed by atoms with Gasteiger partial charge in [-0.3, -0.25) is 4.79 Å². The number of hydrogen-bond donors (Lipinski definition) is 0. The monoisotopic (exact) mass is 426 g/mol. The molecule has 0 spiro atoms. The van der Waals surface area contributed by atoms with Gasteiger partial charge in [0.2, 0.25) is 0 Å². The number of carbonyl (C=O) groups excluding carboxylic acids is 1. The Hall–Kier alpha value is -3.80. The lowest BCUT2D eigenvalue weighted by molar-refractivity contribution is 0.0729. The van der Waals surface area contributed by atoms with Gasteiger partial charge >= 0.3 is 0 Å². The molecule has 0 radical (unpaired) electrons. The highest BCUT2D eigenvalue weighted by Crippen LogP contribution is 2.33. The molecular formula is C26H23FN4O. The Kier molecular flexibility index (Phi) is 5.50. The number of nitrogens with zero attached hydrogens (tertiary/aromatic N) is 4. The first-order chi connectivity index (χ1) is 15.7. The summed E-state index contributed by atoms with van der Waals surface area (Å²) in [6.45, 7) is 0.647. The molecule has 1 saturated heterocycles. The summed E-state index contributed by atoms with van der Waals surface area (Å²) in [5, 5.41) is 8.58. The van der Waals surface area contributed by atoms with E-state index in [1.807, 2.05) is 65.6 Å². The highest BCUT2D eigenvalue weighted by atomic mass is 19.1. The molecule has 1 unspecified atom stereocenters. The van der Waals surface area contributed by atoms with E-state index in [9.17, 15) is 9.18 Å². The molecule has 1 fully saturated rings. The van der Waals surface area contributed by atoms with Crippen molar-refractivity contribution in [3.63, 3.8) is 0 Å². The number of hydrogen-bond acceptors (Lipinski definition) is 3. The Labute approximate surface area is 186 Å². The van der Waals surface area contributed by atoms with Gasteiger partial charge in [0.1, 0.15) is 11.9 Å². The average molecular weight is 426 g/mol. The van der Waals surface area contributed by atoms with Crippen molar-refractivity contribution in [2.75, 3.05) is 6.54 Å². The maximum absolute atomic E-state index is 13.4.